The Morgan fingerprint density at radius 2 is 2.12 bits per heavy atom. The van der Waals surface area contributed by atoms with Gasteiger partial charge in [-0.15, -0.1) is 11.3 Å². The van der Waals surface area contributed by atoms with Gasteiger partial charge >= 0.3 is 0 Å². The van der Waals surface area contributed by atoms with Crippen molar-refractivity contribution in [2.45, 2.75) is 13.0 Å². The first-order chi connectivity index (χ1) is 12.2. The van der Waals surface area contributed by atoms with Gasteiger partial charge in [0.2, 0.25) is 0 Å². The summed E-state index contributed by atoms with van der Waals surface area (Å²) in [6.07, 6.45) is 0.292. The van der Waals surface area contributed by atoms with E-state index in [1.165, 1.54) is 32.9 Å². The molecule has 0 aliphatic carbocycles. The van der Waals surface area contributed by atoms with Gasteiger partial charge in [0.05, 0.1) is 29.6 Å². The standard InChI is InChI=1S/C16H10F2N6S/c17-13(18)8-23-9-21-15(12-2-1-5-25-12)16(23)11-3-4-14-20-7-10(6-19)24(14)22-11/h1-5,7,9,13H,8H2. The minimum Gasteiger partial charge on any atom is -0.323 e. The first-order valence-electron chi connectivity index (χ1n) is 7.30. The van der Waals surface area contributed by atoms with Gasteiger partial charge in [-0.1, -0.05) is 6.07 Å². The van der Waals surface area contributed by atoms with Gasteiger partial charge in [0, 0.05) is 0 Å². The van der Waals surface area contributed by atoms with Crippen molar-refractivity contribution in [1.82, 2.24) is 24.1 Å². The van der Waals surface area contributed by atoms with Crippen LogP contribution >= 0.6 is 11.3 Å². The minimum atomic E-state index is -2.52. The molecule has 4 rings (SSSR count). The Bertz CT molecular complexity index is 1070. The normalized spacial score (nSPS) is 11.3. The second-order valence-electron chi connectivity index (χ2n) is 5.21. The summed E-state index contributed by atoms with van der Waals surface area (Å²) in [4.78, 5) is 9.26. The zero-order valence-electron chi connectivity index (χ0n) is 12.7. The maximum Gasteiger partial charge on any atom is 0.256 e. The van der Waals surface area contributed by atoms with Gasteiger partial charge in [-0.3, -0.25) is 0 Å². The molecular formula is C16H10F2N6S. The highest BCUT2D eigenvalue weighted by molar-refractivity contribution is 7.13. The predicted molar refractivity (Wildman–Crippen MR) is 88.2 cm³/mol. The molecule has 6 nitrogen and oxygen atoms in total. The molecule has 4 aromatic rings. The number of halogens is 2. The third-order valence-corrected chi connectivity index (χ3v) is 4.52. The molecule has 0 aliphatic heterocycles. The maximum atomic E-state index is 13.0. The van der Waals surface area contributed by atoms with Gasteiger partial charge in [0.25, 0.3) is 6.43 Å². The predicted octanol–water partition coefficient (Wildman–Crippen LogP) is 3.46. The van der Waals surface area contributed by atoms with Crippen LogP contribution in [0.1, 0.15) is 5.69 Å². The van der Waals surface area contributed by atoms with Crippen LogP contribution < -0.4 is 0 Å². The zero-order valence-corrected chi connectivity index (χ0v) is 13.5. The molecule has 4 aromatic heterocycles. The number of hydrogen-bond donors (Lipinski definition) is 0. The van der Waals surface area contributed by atoms with Gasteiger partial charge in [0.1, 0.15) is 17.5 Å². The van der Waals surface area contributed by atoms with E-state index in [0.29, 0.717) is 22.7 Å². The average Bonchev–Trinajstić information content (AvgIpc) is 3.32. The highest BCUT2D eigenvalue weighted by Gasteiger charge is 2.20. The summed E-state index contributed by atoms with van der Waals surface area (Å²) in [7, 11) is 0. The molecule has 0 N–H and O–H groups in total. The van der Waals surface area contributed by atoms with Crippen LogP contribution in [0.15, 0.2) is 42.2 Å². The van der Waals surface area contributed by atoms with Crippen LogP contribution in [-0.2, 0) is 6.54 Å². The number of hydrogen-bond acceptors (Lipinski definition) is 5. The molecule has 0 bridgehead atoms. The topological polar surface area (TPSA) is 71.8 Å². The van der Waals surface area contributed by atoms with Crippen LogP contribution in [0.3, 0.4) is 0 Å². The molecule has 9 heteroatoms. The first-order valence-corrected chi connectivity index (χ1v) is 8.17. The van der Waals surface area contributed by atoms with E-state index in [9.17, 15) is 8.78 Å². The molecule has 0 saturated carbocycles. The van der Waals surface area contributed by atoms with Crippen molar-refractivity contribution in [2.24, 2.45) is 0 Å². The lowest BCUT2D eigenvalue weighted by Gasteiger charge is -2.09. The Kier molecular flexibility index (Phi) is 3.74. The SMILES string of the molecule is N#Cc1cnc2ccc(-c3c(-c4cccs4)ncn3CC(F)F)nn12. The smallest absolute Gasteiger partial charge is 0.256 e. The highest BCUT2D eigenvalue weighted by atomic mass is 32.1. The summed E-state index contributed by atoms with van der Waals surface area (Å²) in [6.45, 7) is -0.484. The summed E-state index contributed by atoms with van der Waals surface area (Å²) in [5.74, 6) is 0. The molecule has 4 heterocycles. The molecule has 0 spiro atoms. The molecule has 124 valence electrons. The molecule has 0 saturated heterocycles. The summed E-state index contributed by atoms with van der Waals surface area (Å²) >= 11 is 1.47. The largest absolute Gasteiger partial charge is 0.323 e. The van der Waals surface area contributed by atoms with Crippen LogP contribution in [0.4, 0.5) is 8.78 Å². The van der Waals surface area contributed by atoms with Crippen LogP contribution in [0.2, 0.25) is 0 Å². The quantitative estimate of drug-likeness (QED) is 0.561. The number of nitriles is 1. The van der Waals surface area contributed by atoms with Crippen LogP contribution in [0.25, 0.3) is 27.6 Å². The van der Waals surface area contributed by atoms with Crippen LogP contribution in [0.5, 0.6) is 0 Å². The van der Waals surface area contributed by atoms with E-state index in [1.54, 1.807) is 12.1 Å². The minimum absolute atomic E-state index is 0.273. The van der Waals surface area contributed by atoms with Crippen molar-refractivity contribution < 1.29 is 8.78 Å². The monoisotopic (exact) mass is 356 g/mol. The lowest BCUT2D eigenvalue weighted by atomic mass is 10.2. The summed E-state index contributed by atoms with van der Waals surface area (Å²) < 4.78 is 28.7. The number of alkyl halides is 2. The van der Waals surface area contributed by atoms with E-state index >= 15 is 0 Å². The van der Waals surface area contributed by atoms with Gasteiger partial charge in [0.15, 0.2) is 11.3 Å². The van der Waals surface area contributed by atoms with Crippen molar-refractivity contribution >= 4 is 17.0 Å². The van der Waals surface area contributed by atoms with Gasteiger partial charge in [-0.25, -0.2) is 23.3 Å². The van der Waals surface area contributed by atoms with Crippen molar-refractivity contribution in [3.05, 3.63) is 47.9 Å². The molecule has 0 aromatic carbocycles. The second kappa shape index (κ2) is 6.07. The Morgan fingerprint density at radius 3 is 2.84 bits per heavy atom. The van der Waals surface area contributed by atoms with E-state index in [4.69, 9.17) is 5.26 Å². The Balaban J connectivity index is 1.94. The number of nitrogens with zero attached hydrogens (tertiary/aromatic N) is 6. The Morgan fingerprint density at radius 1 is 1.24 bits per heavy atom. The fourth-order valence-electron chi connectivity index (χ4n) is 2.61. The zero-order chi connectivity index (χ0) is 17.4. The highest BCUT2D eigenvalue weighted by Crippen LogP contribution is 2.33. The Hall–Kier alpha value is -3.12. The summed E-state index contributed by atoms with van der Waals surface area (Å²) in [5.41, 5.74) is 2.30. The third kappa shape index (κ3) is 2.66. The molecule has 0 atom stereocenters. The lowest BCUT2D eigenvalue weighted by molar-refractivity contribution is 0.127. The molecule has 0 amide bonds. The fraction of sp³-hybridized carbons (Fsp3) is 0.125. The number of thiophene rings is 1. The summed E-state index contributed by atoms with van der Waals surface area (Å²) in [6, 6.07) is 9.14. The number of imidazole rings is 2. The number of aromatic nitrogens is 5. The van der Waals surface area contributed by atoms with Crippen molar-refractivity contribution in [1.29, 1.82) is 5.26 Å². The van der Waals surface area contributed by atoms with Gasteiger partial charge in [-0.2, -0.15) is 10.4 Å². The Labute approximate surface area is 144 Å². The molecule has 0 fully saturated rings. The maximum absolute atomic E-state index is 13.0. The second-order valence-corrected chi connectivity index (χ2v) is 6.15. The van der Waals surface area contributed by atoms with E-state index in [0.717, 1.165) is 4.88 Å². The lowest BCUT2D eigenvalue weighted by Crippen LogP contribution is -2.08. The molecule has 0 radical (unpaired) electrons. The number of rotatable bonds is 4. The van der Waals surface area contributed by atoms with E-state index in [1.807, 2.05) is 23.6 Å². The first kappa shape index (κ1) is 15.4. The molecule has 0 aliphatic rings. The third-order valence-electron chi connectivity index (χ3n) is 3.65. The van der Waals surface area contributed by atoms with Crippen molar-refractivity contribution in [3.63, 3.8) is 0 Å². The molecular weight excluding hydrogens is 346 g/mol. The van der Waals surface area contributed by atoms with Crippen LogP contribution in [-0.4, -0.2) is 30.6 Å². The summed E-state index contributed by atoms with van der Waals surface area (Å²) in [5, 5.41) is 15.5. The molecule has 25 heavy (non-hydrogen) atoms. The molecule has 0 unspecified atom stereocenters. The van der Waals surface area contributed by atoms with E-state index in [2.05, 4.69) is 15.1 Å². The van der Waals surface area contributed by atoms with E-state index in [-0.39, 0.29) is 5.69 Å². The average molecular weight is 356 g/mol. The van der Waals surface area contributed by atoms with E-state index < -0.39 is 13.0 Å². The van der Waals surface area contributed by atoms with Gasteiger partial charge < -0.3 is 4.57 Å². The van der Waals surface area contributed by atoms with Crippen molar-refractivity contribution in [3.8, 4) is 28.0 Å². The van der Waals surface area contributed by atoms with Gasteiger partial charge in [-0.05, 0) is 23.6 Å². The van der Waals surface area contributed by atoms with Crippen LogP contribution in [0, 0.1) is 11.3 Å². The fourth-order valence-corrected chi connectivity index (χ4v) is 3.33. The number of fused-ring (bicyclic) bond motifs is 1. The van der Waals surface area contributed by atoms with Crippen molar-refractivity contribution in [2.75, 3.05) is 0 Å².